The number of nitrogens with two attached hydrogens (primary N) is 1. The van der Waals surface area contributed by atoms with Crippen molar-refractivity contribution in [2.24, 2.45) is 17.6 Å². The van der Waals surface area contributed by atoms with Crippen molar-refractivity contribution >= 4 is 0 Å². The van der Waals surface area contributed by atoms with E-state index in [0.717, 1.165) is 19.0 Å². The highest BCUT2D eigenvalue weighted by Crippen LogP contribution is 2.31. The summed E-state index contributed by atoms with van der Waals surface area (Å²) in [6.07, 6.45) is 6.58. The monoisotopic (exact) mass is 274 g/mol. The zero-order valence-electron chi connectivity index (χ0n) is 13.1. The van der Waals surface area contributed by atoms with Crippen LogP contribution in [0.25, 0.3) is 0 Å². The third-order valence-electron chi connectivity index (χ3n) is 4.69. The van der Waals surface area contributed by atoms with Gasteiger partial charge in [-0.3, -0.25) is 0 Å². The topological polar surface area (TPSA) is 29.3 Å². The Morgan fingerprint density at radius 3 is 2.65 bits per heavy atom. The lowest BCUT2D eigenvalue weighted by Gasteiger charge is -2.36. The second kappa shape index (κ2) is 7.80. The molecule has 0 aromatic heterocycles. The van der Waals surface area contributed by atoms with Crippen LogP contribution in [-0.4, -0.2) is 24.5 Å². The zero-order chi connectivity index (χ0) is 14.4. The van der Waals surface area contributed by atoms with Crippen molar-refractivity contribution in [1.29, 1.82) is 0 Å². The Balaban J connectivity index is 1.84. The minimum atomic E-state index is 0.404. The summed E-state index contributed by atoms with van der Waals surface area (Å²) in [5.74, 6) is 1.59. The number of rotatable bonds is 6. The fraction of sp³-hybridized carbons (Fsp3) is 0.667. The van der Waals surface area contributed by atoms with Gasteiger partial charge in [0.25, 0.3) is 0 Å². The molecular formula is C18H30N2. The summed E-state index contributed by atoms with van der Waals surface area (Å²) >= 11 is 0. The SMILES string of the molecule is CCCC1CCC(N)C(CN(C)Cc2ccccc2)C1. The third-order valence-corrected chi connectivity index (χ3v) is 4.69. The van der Waals surface area contributed by atoms with Crippen LogP contribution >= 0.6 is 0 Å². The molecule has 3 unspecified atom stereocenters. The van der Waals surface area contributed by atoms with E-state index in [2.05, 4.69) is 49.2 Å². The molecule has 3 atom stereocenters. The highest BCUT2D eigenvalue weighted by molar-refractivity contribution is 5.14. The van der Waals surface area contributed by atoms with Gasteiger partial charge in [0.2, 0.25) is 0 Å². The van der Waals surface area contributed by atoms with Crippen molar-refractivity contribution in [1.82, 2.24) is 4.90 Å². The van der Waals surface area contributed by atoms with E-state index in [0.29, 0.717) is 12.0 Å². The fourth-order valence-electron chi connectivity index (χ4n) is 3.62. The lowest BCUT2D eigenvalue weighted by Crippen LogP contribution is -2.42. The van der Waals surface area contributed by atoms with Gasteiger partial charge in [-0.05, 0) is 43.7 Å². The van der Waals surface area contributed by atoms with Crippen LogP contribution in [0.1, 0.15) is 44.6 Å². The Morgan fingerprint density at radius 2 is 1.95 bits per heavy atom. The molecule has 2 nitrogen and oxygen atoms in total. The highest BCUT2D eigenvalue weighted by Gasteiger charge is 2.28. The molecule has 1 aromatic carbocycles. The molecule has 2 heteroatoms. The minimum Gasteiger partial charge on any atom is -0.327 e. The van der Waals surface area contributed by atoms with Crippen LogP contribution in [0.3, 0.4) is 0 Å². The van der Waals surface area contributed by atoms with E-state index in [1.807, 2.05) is 0 Å². The molecule has 2 N–H and O–H groups in total. The maximum absolute atomic E-state index is 6.35. The minimum absolute atomic E-state index is 0.404. The molecule has 0 radical (unpaired) electrons. The highest BCUT2D eigenvalue weighted by atomic mass is 15.1. The van der Waals surface area contributed by atoms with Crippen LogP contribution in [-0.2, 0) is 6.54 Å². The summed E-state index contributed by atoms with van der Waals surface area (Å²) < 4.78 is 0. The van der Waals surface area contributed by atoms with Crippen LogP contribution < -0.4 is 5.73 Å². The van der Waals surface area contributed by atoms with Crippen LogP contribution in [0.2, 0.25) is 0 Å². The Bertz CT molecular complexity index is 376. The van der Waals surface area contributed by atoms with Gasteiger partial charge >= 0.3 is 0 Å². The quantitative estimate of drug-likeness (QED) is 0.857. The first kappa shape index (κ1) is 15.5. The number of hydrogen-bond donors (Lipinski definition) is 1. The lowest BCUT2D eigenvalue weighted by molar-refractivity contribution is 0.165. The summed E-state index contributed by atoms with van der Waals surface area (Å²) in [5, 5.41) is 0. The molecule has 0 spiro atoms. The van der Waals surface area contributed by atoms with E-state index in [-0.39, 0.29) is 0 Å². The van der Waals surface area contributed by atoms with Gasteiger partial charge in [0.1, 0.15) is 0 Å². The second-order valence-corrected chi connectivity index (χ2v) is 6.57. The van der Waals surface area contributed by atoms with Crippen molar-refractivity contribution in [3.8, 4) is 0 Å². The molecule has 1 saturated carbocycles. The summed E-state index contributed by atoms with van der Waals surface area (Å²) in [5.41, 5.74) is 7.75. The van der Waals surface area contributed by atoms with Gasteiger partial charge in [0.15, 0.2) is 0 Å². The van der Waals surface area contributed by atoms with Gasteiger partial charge < -0.3 is 10.6 Å². The summed E-state index contributed by atoms with van der Waals surface area (Å²) in [7, 11) is 2.23. The standard InChI is InChI=1S/C18H30N2/c1-3-7-15-10-11-18(19)17(12-15)14-20(2)13-16-8-5-4-6-9-16/h4-6,8-9,15,17-18H,3,7,10-14,19H2,1-2H3. The van der Waals surface area contributed by atoms with Gasteiger partial charge in [0.05, 0.1) is 0 Å². The molecule has 0 bridgehead atoms. The Hall–Kier alpha value is -0.860. The molecule has 0 amide bonds. The van der Waals surface area contributed by atoms with Crippen molar-refractivity contribution in [3.63, 3.8) is 0 Å². The van der Waals surface area contributed by atoms with Crippen molar-refractivity contribution in [2.75, 3.05) is 13.6 Å². The second-order valence-electron chi connectivity index (χ2n) is 6.57. The first-order valence-corrected chi connectivity index (χ1v) is 8.17. The van der Waals surface area contributed by atoms with E-state index < -0.39 is 0 Å². The molecule has 1 fully saturated rings. The van der Waals surface area contributed by atoms with Crippen molar-refractivity contribution < 1.29 is 0 Å². The van der Waals surface area contributed by atoms with E-state index in [1.165, 1.54) is 37.7 Å². The summed E-state index contributed by atoms with van der Waals surface area (Å²) in [6, 6.07) is 11.1. The van der Waals surface area contributed by atoms with E-state index in [9.17, 15) is 0 Å². The number of hydrogen-bond acceptors (Lipinski definition) is 2. The zero-order valence-corrected chi connectivity index (χ0v) is 13.1. The van der Waals surface area contributed by atoms with E-state index in [4.69, 9.17) is 5.73 Å². The first-order chi connectivity index (χ1) is 9.69. The molecule has 112 valence electrons. The number of benzene rings is 1. The molecule has 0 saturated heterocycles. The Morgan fingerprint density at radius 1 is 1.20 bits per heavy atom. The van der Waals surface area contributed by atoms with E-state index >= 15 is 0 Å². The molecule has 2 rings (SSSR count). The van der Waals surface area contributed by atoms with Crippen molar-refractivity contribution in [2.45, 2.75) is 51.6 Å². The molecule has 0 aliphatic heterocycles. The molecule has 1 aliphatic carbocycles. The fourth-order valence-corrected chi connectivity index (χ4v) is 3.62. The predicted octanol–water partition coefficient (Wildman–Crippen LogP) is 3.66. The Kier molecular flexibility index (Phi) is 6.06. The van der Waals surface area contributed by atoms with Gasteiger partial charge in [-0.2, -0.15) is 0 Å². The molecule has 20 heavy (non-hydrogen) atoms. The molecular weight excluding hydrogens is 244 g/mol. The molecule has 1 aliphatic rings. The van der Waals surface area contributed by atoms with Crippen LogP contribution in [0.4, 0.5) is 0 Å². The van der Waals surface area contributed by atoms with Gasteiger partial charge in [-0.1, -0.05) is 50.1 Å². The summed E-state index contributed by atoms with van der Waals surface area (Å²) in [4.78, 5) is 2.44. The van der Waals surface area contributed by atoms with Gasteiger partial charge in [-0.25, -0.2) is 0 Å². The first-order valence-electron chi connectivity index (χ1n) is 8.17. The van der Waals surface area contributed by atoms with Gasteiger partial charge in [-0.15, -0.1) is 0 Å². The number of nitrogens with zero attached hydrogens (tertiary/aromatic N) is 1. The Labute approximate surface area is 124 Å². The van der Waals surface area contributed by atoms with Crippen LogP contribution in [0.5, 0.6) is 0 Å². The smallest absolute Gasteiger partial charge is 0.0230 e. The molecule has 1 aromatic rings. The largest absolute Gasteiger partial charge is 0.327 e. The van der Waals surface area contributed by atoms with Crippen LogP contribution in [0, 0.1) is 11.8 Å². The summed E-state index contributed by atoms with van der Waals surface area (Å²) in [6.45, 7) is 4.46. The maximum atomic E-state index is 6.35. The molecule has 0 heterocycles. The third kappa shape index (κ3) is 4.60. The maximum Gasteiger partial charge on any atom is 0.0230 e. The van der Waals surface area contributed by atoms with Crippen LogP contribution in [0.15, 0.2) is 30.3 Å². The van der Waals surface area contributed by atoms with Gasteiger partial charge in [0, 0.05) is 19.1 Å². The normalized spacial score (nSPS) is 26.9. The lowest BCUT2D eigenvalue weighted by atomic mass is 9.76. The van der Waals surface area contributed by atoms with Crippen molar-refractivity contribution in [3.05, 3.63) is 35.9 Å². The average Bonchev–Trinajstić information content (AvgIpc) is 2.44. The predicted molar refractivity (Wildman–Crippen MR) is 86.5 cm³/mol. The average molecular weight is 274 g/mol. The van der Waals surface area contributed by atoms with E-state index in [1.54, 1.807) is 0 Å².